The van der Waals surface area contributed by atoms with Gasteiger partial charge >= 0.3 is 0 Å². The molecule has 0 radical (unpaired) electrons. The van der Waals surface area contributed by atoms with E-state index in [0.717, 1.165) is 18.8 Å². The second-order valence-corrected chi connectivity index (χ2v) is 4.34. The standard InChI is InChI=1S/C10H22O/c1-5-9(7-6-8-11)10(2,3)4/h9,11H,5-8H2,1-4H3. The van der Waals surface area contributed by atoms with Crippen molar-refractivity contribution in [1.82, 2.24) is 0 Å². The van der Waals surface area contributed by atoms with Crippen LogP contribution in [-0.2, 0) is 0 Å². The molecule has 1 atom stereocenters. The van der Waals surface area contributed by atoms with Crippen molar-refractivity contribution >= 4 is 0 Å². The van der Waals surface area contributed by atoms with E-state index in [2.05, 4.69) is 27.7 Å². The van der Waals surface area contributed by atoms with Gasteiger partial charge < -0.3 is 5.11 Å². The lowest BCUT2D eigenvalue weighted by Crippen LogP contribution is -2.19. The van der Waals surface area contributed by atoms with E-state index in [1.165, 1.54) is 6.42 Å². The molecular formula is C10H22O. The van der Waals surface area contributed by atoms with Gasteiger partial charge in [0.05, 0.1) is 0 Å². The van der Waals surface area contributed by atoms with E-state index in [9.17, 15) is 0 Å². The molecule has 0 bridgehead atoms. The molecule has 1 heteroatoms. The van der Waals surface area contributed by atoms with E-state index in [0.29, 0.717) is 12.0 Å². The second kappa shape index (κ2) is 4.76. The van der Waals surface area contributed by atoms with Crippen LogP contribution in [0.2, 0.25) is 0 Å². The molecule has 0 aliphatic rings. The highest BCUT2D eigenvalue weighted by atomic mass is 16.2. The molecule has 0 spiro atoms. The molecule has 0 saturated carbocycles. The average molecular weight is 158 g/mol. The minimum atomic E-state index is 0.340. The normalized spacial score (nSPS) is 15.0. The zero-order chi connectivity index (χ0) is 8.91. The first-order valence-electron chi connectivity index (χ1n) is 4.63. The highest BCUT2D eigenvalue weighted by Crippen LogP contribution is 2.31. The quantitative estimate of drug-likeness (QED) is 0.667. The molecule has 0 aliphatic carbocycles. The molecule has 0 heterocycles. The number of hydrogen-bond donors (Lipinski definition) is 1. The first-order chi connectivity index (χ1) is 5.02. The van der Waals surface area contributed by atoms with Crippen molar-refractivity contribution < 1.29 is 5.11 Å². The Morgan fingerprint density at radius 2 is 1.82 bits per heavy atom. The fourth-order valence-electron chi connectivity index (χ4n) is 1.59. The molecule has 1 unspecified atom stereocenters. The maximum Gasteiger partial charge on any atom is 0.0431 e. The maximum atomic E-state index is 8.68. The Labute approximate surface area is 70.8 Å². The Morgan fingerprint density at radius 1 is 1.27 bits per heavy atom. The van der Waals surface area contributed by atoms with Gasteiger partial charge in [-0.3, -0.25) is 0 Å². The van der Waals surface area contributed by atoms with Crippen LogP contribution in [0.5, 0.6) is 0 Å². The van der Waals surface area contributed by atoms with Crippen molar-refractivity contribution in [3.8, 4) is 0 Å². The molecular weight excluding hydrogens is 136 g/mol. The lowest BCUT2D eigenvalue weighted by molar-refractivity contribution is 0.193. The van der Waals surface area contributed by atoms with Crippen molar-refractivity contribution in [2.75, 3.05) is 6.61 Å². The summed E-state index contributed by atoms with van der Waals surface area (Å²) < 4.78 is 0. The van der Waals surface area contributed by atoms with Gasteiger partial charge in [-0.25, -0.2) is 0 Å². The van der Waals surface area contributed by atoms with E-state index < -0.39 is 0 Å². The lowest BCUT2D eigenvalue weighted by atomic mass is 9.77. The lowest BCUT2D eigenvalue weighted by Gasteiger charge is -2.29. The predicted molar refractivity (Wildman–Crippen MR) is 49.6 cm³/mol. The summed E-state index contributed by atoms with van der Waals surface area (Å²) in [5.74, 6) is 0.759. The molecule has 0 fully saturated rings. The average Bonchev–Trinajstić information content (AvgIpc) is 1.87. The third-order valence-electron chi connectivity index (χ3n) is 2.43. The molecule has 0 aliphatic heterocycles. The highest BCUT2D eigenvalue weighted by Gasteiger charge is 2.21. The largest absolute Gasteiger partial charge is 0.396 e. The first-order valence-corrected chi connectivity index (χ1v) is 4.63. The number of aliphatic hydroxyl groups is 1. The maximum absolute atomic E-state index is 8.68. The fraction of sp³-hybridized carbons (Fsp3) is 1.00. The highest BCUT2D eigenvalue weighted by molar-refractivity contribution is 4.72. The third-order valence-corrected chi connectivity index (χ3v) is 2.43. The van der Waals surface area contributed by atoms with Gasteiger partial charge in [-0.15, -0.1) is 0 Å². The van der Waals surface area contributed by atoms with Gasteiger partial charge in [-0.2, -0.15) is 0 Å². The van der Waals surface area contributed by atoms with Crippen molar-refractivity contribution in [2.45, 2.75) is 47.0 Å². The number of hydrogen-bond acceptors (Lipinski definition) is 1. The summed E-state index contributed by atoms with van der Waals surface area (Å²) in [6.45, 7) is 9.40. The Kier molecular flexibility index (Phi) is 4.74. The van der Waals surface area contributed by atoms with Crippen LogP contribution < -0.4 is 0 Å². The summed E-state index contributed by atoms with van der Waals surface area (Å²) in [6, 6.07) is 0. The molecule has 68 valence electrons. The molecule has 0 aromatic rings. The van der Waals surface area contributed by atoms with Crippen LogP contribution in [0.25, 0.3) is 0 Å². The van der Waals surface area contributed by atoms with Gasteiger partial charge in [-0.1, -0.05) is 34.1 Å². The van der Waals surface area contributed by atoms with E-state index in [1.54, 1.807) is 0 Å². The van der Waals surface area contributed by atoms with Gasteiger partial charge in [0.1, 0.15) is 0 Å². The monoisotopic (exact) mass is 158 g/mol. The summed E-state index contributed by atoms with van der Waals surface area (Å²) in [4.78, 5) is 0. The van der Waals surface area contributed by atoms with Crippen molar-refractivity contribution in [1.29, 1.82) is 0 Å². The zero-order valence-corrected chi connectivity index (χ0v) is 8.35. The van der Waals surface area contributed by atoms with Gasteiger partial charge in [0.25, 0.3) is 0 Å². The van der Waals surface area contributed by atoms with E-state index in [-0.39, 0.29) is 0 Å². The Hall–Kier alpha value is -0.0400. The molecule has 0 amide bonds. The molecule has 1 N–H and O–H groups in total. The summed E-state index contributed by atoms with van der Waals surface area (Å²) in [5.41, 5.74) is 0.407. The summed E-state index contributed by atoms with van der Waals surface area (Å²) in [5, 5.41) is 8.68. The van der Waals surface area contributed by atoms with Crippen LogP contribution >= 0.6 is 0 Å². The molecule has 0 aromatic heterocycles. The summed E-state index contributed by atoms with van der Waals surface area (Å²) in [7, 11) is 0. The molecule has 0 saturated heterocycles. The zero-order valence-electron chi connectivity index (χ0n) is 8.35. The molecule has 1 nitrogen and oxygen atoms in total. The van der Waals surface area contributed by atoms with E-state index in [1.807, 2.05) is 0 Å². The van der Waals surface area contributed by atoms with Crippen molar-refractivity contribution in [3.05, 3.63) is 0 Å². The van der Waals surface area contributed by atoms with Crippen LogP contribution in [-0.4, -0.2) is 11.7 Å². The van der Waals surface area contributed by atoms with Gasteiger partial charge in [0, 0.05) is 6.61 Å². The van der Waals surface area contributed by atoms with Gasteiger partial charge in [0.2, 0.25) is 0 Å². The molecule has 0 rings (SSSR count). The van der Waals surface area contributed by atoms with Crippen LogP contribution in [0, 0.1) is 11.3 Å². The van der Waals surface area contributed by atoms with Gasteiger partial charge in [-0.05, 0) is 24.2 Å². The number of aliphatic hydroxyl groups excluding tert-OH is 1. The minimum Gasteiger partial charge on any atom is -0.396 e. The molecule has 0 aromatic carbocycles. The SMILES string of the molecule is CCC(CCCO)C(C)(C)C. The Balaban J connectivity index is 3.76. The summed E-state index contributed by atoms with van der Waals surface area (Å²) in [6.07, 6.45) is 3.34. The van der Waals surface area contributed by atoms with Gasteiger partial charge in [0.15, 0.2) is 0 Å². The van der Waals surface area contributed by atoms with Crippen LogP contribution in [0.4, 0.5) is 0 Å². The van der Waals surface area contributed by atoms with Crippen LogP contribution in [0.15, 0.2) is 0 Å². The third kappa shape index (κ3) is 4.41. The minimum absolute atomic E-state index is 0.340. The Bertz CT molecular complexity index is 91.5. The fourth-order valence-corrected chi connectivity index (χ4v) is 1.59. The van der Waals surface area contributed by atoms with Crippen molar-refractivity contribution in [3.63, 3.8) is 0 Å². The first kappa shape index (κ1) is 11.0. The number of rotatable bonds is 4. The van der Waals surface area contributed by atoms with Crippen LogP contribution in [0.3, 0.4) is 0 Å². The second-order valence-electron chi connectivity index (χ2n) is 4.34. The Morgan fingerprint density at radius 3 is 2.09 bits per heavy atom. The smallest absolute Gasteiger partial charge is 0.0431 e. The van der Waals surface area contributed by atoms with Crippen LogP contribution in [0.1, 0.15) is 47.0 Å². The van der Waals surface area contributed by atoms with E-state index in [4.69, 9.17) is 5.11 Å². The summed E-state index contributed by atoms with van der Waals surface area (Å²) >= 11 is 0. The predicted octanol–water partition coefficient (Wildman–Crippen LogP) is 2.83. The van der Waals surface area contributed by atoms with Crippen molar-refractivity contribution in [2.24, 2.45) is 11.3 Å². The molecule has 11 heavy (non-hydrogen) atoms. The van der Waals surface area contributed by atoms with E-state index >= 15 is 0 Å². The topological polar surface area (TPSA) is 20.2 Å².